The van der Waals surface area contributed by atoms with E-state index < -0.39 is 42.2 Å². The number of aliphatic hydroxyl groups is 1. The van der Waals surface area contributed by atoms with Crippen LogP contribution in [0, 0.1) is 0 Å². The summed E-state index contributed by atoms with van der Waals surface area (Å²) in [5, 5.41) is 10.4. The molecule has 4 rings (SSSR count). The first-order valence-corrected chi connectivity index (χ1v) is 10.0. The molecule has 5 N–H and O–H groups in total. The molecule has 5 atom stereocenters. The van der Waals surface area contributed by atoms with Crippen molar-refractivity contribution < 1.29 is 28.3 Å². The van der Waals surface area contributed by atoms with E-state index in [4.69, 9.17) is 49.8 Å². The van der Waals surface area contributed by atoms with Gasteiger partial charge in [0.05, 0.1) is 12.9 Å². The quantitative estimate of drug-likeness (QED) is 0.343. The number of anilines is 1. The number of phosphoric acid groups is 1. The van der Waals surface area contributed by atoms with Crippen molar-refractivity contribution in [3.63, 3.8) is 0 Å². The molecule has 2 aliphatic heterocycles. The van der Waals surface area contributed by atoms with Crippen molar-refractivity contribution >= 4 is 59.7 Å². The average Bonchev–Trinajstić information content (AvgIpc) is 3.08. The first-order valence-electron chi connectivity index (χ1n) is 7.23. The molecule has 150 valence electrons. The van der Waals surface area contributed by atoms with Crippen molar-refractivity contribution in [3.05, 3.63) is 16.7 Å². The molecule has 0 spiro atoms. The number of aromatic nitrogens is 4. The third-order valence-electron chi connectivity index (χ3n) is 3.69. The molecule has 0 aliphatic carbocycles. The van der Waals surface area contributed by atoms with Crippen LogP contribution in [0.4, 0.5) is 5.95 Å². The fraction of sp³-hybridized carbons (Fsp3) is 0.545. The topological polar surface area (TPSA) is 175 Å². The standard InChI is InChI=1S/C10H12N5O7P.CHCl3/c11-10-13-7-4(8(17)14-10)12-2-15(7)9-5(16)6-3(21-9)1-20-23(18,19)22-6;2-1(3)4/h2-3,5-6,9,16H,1H2,(H,18,19)(H3,11,13,14,17);1H/t3-,5-,6-,9-;/m1./s1. The Hall–Kier alpha value is -0.950. The number of imidazole rings is 1. The fourth-order valence-electron chi connectivity index (χ4n) is 2.69. The monoisotopic (exact) mass is 463 g/mol. The van der Waals surface area contributed by atoms with E-state index in [2.05, 4.69) is 19.5 Å². The maximum atomic E-state index is 11.8. The summed E-state index contributed by atoms with van der Waals surface area (Å²) < 4.78 is 27.2. The first-order chi connectivity index (χ1) is 12.6. The Balaban J connectivity index is 0.000000481. The second-order valence-corrected chi connectivity index (χ2v) is 8.80. The highest BCUT2D eigenvalue weighted by atomic mass is 35.6. The molecule has 0 bridgehead atoms. The second-order valence-electron chi connectivity index (χ2n) is 5.41. The van der Waals surface area contributed by atoms with Gasteiger partial charge in [0.1, 0.15) is 18.3 Å². The van der Waals surface area contributed by atoms with Gasteiger partial charge in [-0.2, -0.15) is 4.98 Å². The average molecular weight is 465 g/mol. The van der Waals surface area contributed by atoms with Gasteiger partial charge in [-0.25, -0.2) is 9.55 Å². The Labute approximate surface area is 165 Å². The van der Waals surface area contributed by atoms with Crippen molar-refractivity contribution in [2.45, 2.75) is 28.8 Å². The highest BCUT2D eigenvalue weighted by Crippen LogP contribution is 2.52. The highest BCUT2D eigenvalue weighted by Gasteiger charge is 2.52. The number of aliphatic hydroxyl groups excluding tert-OH is 1. The molecule has 2 aromatic rings. The third-order valence-corrected chi connectivity index (χ3v) is 4.68. The molecule has 0 amide bonds. The molecule has 0 radical (unpaired) electrons. The minimum atomic E-state index is -4.22. The Morgan fingerprint density at radius 1 is 1.44 bits per heavy atom. The summed E-state index contributed by atoms with van der Waals surface area (Å²) in [4.78, 5) is 31.3. The summed E-state index contributed by atoms with van der Waals surface area (Å²) in [5.41, 5.74) is 5.12. The van der Waals surface area contributed by atoms with E-state index >= 15 is 0 Å². The Morgan fingerprint density at radius 3 is 2.78 bits per heavy atom. The number of hydrogen-bond donors (Lipinski definition) is 4. The summed E-state index contributed by atoms with van der Waals surface area (Å²) in [6, 6.07) is 0. The largest absolute Gasteiger partial charge is 0.472 e. The van der Waals surface area contributed by atoms with E-state index in [1.165, 1.54) is 10.9 Å². The number of fused-ring (bicyclic) bond motifs is 2. The lowest BCUT2D eigenvalue weighted by atomic mass is 10.1. The number of nitrogen functional groups attached to an aromatic ring is 1. The fourth-order valence-corrected chi connectivity index (χ4v) is 3.66. The minimum Gasteiger partial charge on any atom is -0.386 e. The number of halogens is 3. The normalized spacial score (nSPS) is 33.0. The molecular weight excluding hydrogens is 451 g/mol. The van der Waals surface area contributed by atoms with Crippen LogP contribution in [0.15, 0.2) is 11.1 Å². The van der Waals surface area contributed by atoms with Gasteiger partial charge < -0.3 is 20.5 Å². The molecule has 4 heterocycles. The van der Waals surface area contributed by atoms with Gasteiger partial charge in [-0.05, 0) is 0 Å². The highest BCUT2D eigenvalue weighted by molar-refractivity contribution is 7.47. The van der Waals surface area contributed by atoms with Gasteiger partial charge in [0, 0.05) is 0 Å². The summed E-state index contributed by atoms with van der Waals surface area (Å²) in [6.07, 6.45) is -2.85. The van der Waals surface area contributed by atoms with Gasteiger partial charge in [-0.3, -0.25) is 23.4 Å². The van der Waals surface area contributed by atoms with Gasteiger partial charge in [-0.1, -0.05) is 34.8 Å². The zero-order valence-electron chi connectivity index (χ0n) is 13.1. The van der Waals surface area contributed by atoms with Gasteiger partial charge in [0.25, 0.3) is 5.56 Å². The molecule has 2 fully saturated rings. The van der Waals surface area contributed by atoms with Crippen LogP contribution >= 0.6 is 42.6 Å². The van der Waals surface area contributed by atoms with Crippen LogP contribution in [-0.2, 0) is 18.3 Å². The third kappa shape index (κ3) is 4.39. The smallest absolute Gasteiger partial charge is 0.386 e. The Kier molecular flexibility index (Phi) is 6.02. The van der Waals surface area contributed by atoms with Gasteiger partial charge in [-0.15, -0.1) is 0 Å². The number of nitrogens with one attached hydrogen (secondary N) is 1. The van der Waals surface area contributed by atoms with Gasteiger partial charge in [0.15, 0.2) is 21.7 Å². The minimum absolute atomic E-state index is 0.0230. The predicted octanol–water partition coefficient (Wildman–Crippen LogP) is 0.462. The van der Waals surface area contributed by atoms with Crippen LogP contribution in [-0.4, -0.2) is 58.7 Å². The molecule has 27 heavy (non-hydrogen) atoms. The molecule has 12 nitrogen and oxygen atoms in total. The number of ether oxygens (including phenoxy) is 1. The van der Waals surface area contributed by atoms with E-state index in [0.717, 1.165) is 0 Å². The van der Waals surface area contributed by atoms with Crippen LogP contribution in [0.2, 0.25) is 0 Å². The van der Waals surface area contributed by atoms with Crippen LogP contribution in [0.25, 0.3) is 11.2 Å². The summed E-state index contributed by atoms with van der Waals surface area (Å²) in [6.45, 7) is -0.214. The first kappa shape index (κ1) is 20.8. The molecule has 0 aromatic carbocycles. The number of phosphoric ester groups is 1. The molecule has 2 aliphatic rings. The molecular formula is C11H13Cl3N5O7P. The number of rotatable bonds is 1. The van der Waals surface area contributed by atoms with Crippen molar-refractivity contribution in [3.8, 4) is 0 Å². The molecule has 2 saturated heterocycles. The van der Waals surface area contributed by atoms with Crippen LogP contribution in [0.1, 0.15) is 6.23 Å². The number of nitrogens with two attached hydrogens (primary N) is 1. The molecule has 16 heteroatoms. The van der Waals surface area contributed by atoms with E-state index in [1.807, 2.05) is 0 Å². The van der Waals surface area contributed by atoms with E-state index in [-0.39, 0.29) is 23.7 Å². The van der Waals surface area contributed by atoms with Crippen LogP contribution in [0.5, 0.6) is 0 Å². The number of alkyl halides is 3. The lowest BCUT2D eigenvalue weighted by Crippen LogP contribution is -2.39. The lowest BCUT2D eigenvalue weighted by Gasteiger charge is -2.27. The summed E-state index contributed by atoms with van der Waals surface area (Å²) >= 11 is 14.4. The molecule has 1 unspecified atom stereocenters. The van der Waals surface area contributed by atoms with Crippen molar-refractivity contribution in [1.29, 1.82) is 0 Å². The zero-order chi connectivity index (χ0) is 19.9. The second kappa shape index (κ2) is 7.82. The van der Waals surface area contributed by atoms with Crippen molar-refractivity contribution in [1.82, 2.24) is 19.5 Å². The van der Waals surface area contributed by atoms with E-state index in [0.29, 0.717) is 0 Å². The number of H-pyrrole nitrogens is 1. The lowest BCUT2D eigenvalue weighted by molar-refractivity contribution is -0.0664. The van der Waals surface area contributed by atoms with E-state index in [1.54, 1.807) is 0 Å². The number of aromatic amines is 1. The Bertz CT molecular complexity index is 936. The summed E-state index contributed by atoms with van der Waals surface area (Å²) in [5.74, 6) is -0.117. The summed E-state index contributed by atoms with van der Waals surface area (Å²) in [7, 11) is -4.22. The molecule has 2 aromatic heterocycles. The van der Waals surface area contributed by atoms with Gasteiger partial charge >= 0.3 is 7.82 Å². The predicted molar refractivity (Wildman–Crippen MR) is 94.5 cm³/mol. The van der Waals surface area contributed by atoms with Crippen molar-refractivity contribution in [2.75, 3.05) is 12.3 Å². The van der Waals surface area contributed by atoms with Gasteiger partial charge in [0.2, 0.25) is 5.95 Å². The Morgan fingerprint density at radius 2 is 2.11 bits per heavy atom. The SMILES string of the molecule is ClC(Cl)Cl.Nc1nc2c(ncn2[C@@H]2O[C@@H]3COP(=O)(O)O[C@H]3[C@H]2O)c(=O)[nH]1. The number of hydrogen-bond acceptors (Lipinski definition) is 9. The maximum absolute atomic E-state index is 11.8. The van der Waals surface area contributed by atoms with Crippen LogP contribution in [0.3, 0.4) is 0 Å². The van der Waals surface area contributed by atoms with E-state index in [9.17, 15) is 19.4 Å². The number of nitrogens with zero attached hydrogens (tertiary/aromatic N) is 3. The molecule has 0 saturated carbocycles. The van der Waals surface area contributed by atoms with Crippen LogP contribution < -0.4 is 11.3 Å². The van der Waals surface area contributed by atoms with Crippen molar-refractivity contribution in [2.24, 2.45) is 0 Å². The maximum Gasteiger partial charge on any atom is 0.472 e. The zero-order valence-corrected chi connectivity index (χ0v) is 16.3.